The van der Waals surface area contributed by atoms with E-state index in [0.717, 1.165) is 6.26 Å². The minimum atomic E-state index is -3.49. The molecule has 10 heteroatoms. The van der Waals surface area contributed by atoms with Gasteiger partial charge in [0, 0.05) is 16.7 Å². The first-order valence-electron chi connectivity index (χ1n) is 8.73. The number of fused-ring (bicyclic) bond motifs is 1. The highest BCUT2D eigenvalue weighted by molar-refractivity contribution is 7.92. The quantitative estimate of drug-likeness (QED) is 0.503. The number of rotatable bonds is 8. The predicted molar refractivity (Wildman–Crippen MR) is 114 cm³/mol. The number of aromatic nitrogens is 1. The highest BCUT2D eigenvalue weighted by Gasteiger charge is 2.15. The van der Waals surface area contributed by atoms with Crippen LogP contribution in [0.5, 0.6) is 11.5 Å². The van der Waals surface area contributed by atoms with Crippen molar-refractivity contribution in [1.82, 2.24) is 5.16 Å². The number of nitrogens with one attached hydrogen (secondary N) is 1. The Hall–Kier alpha value is -2.16. The molecule has 3 rings (SSSR count). The van der Waals surface area contributed by atoms with Crippen LogP contribution in [-0.4, -0.2) is 26.4 Å². The summed E-state index contributed by atoms with van der Waals surface area (Å²) in [6.07, 6.45) is 1.03. The maximum absolute atomic E-state index is 11.4. The fourth-order valence-corrected chi connectivity index (χ4v) is 3.41. The smallest absolute Gasteiger partial charge is 0.231 e. The van der Waals surface area contributed by atoms with Gasteiger partial charge in [-0.1, -0.05) is 42.2 Å². The Kier molecular flexibility index (Phi) is 6.45. The predicted octanol–water partition coefficient (Wildman–Crippen LogP) is 5.12. The van der Waals surface area contributed by atoms with Crippen molar-refractivity contribution in [3.8, 4) is 11.5 Å². The molecule has 2 aromatic carbocycles. The summed E-state index contributed by atoms with van der Waals surface area (Å²) < 4.78 is 41.7. The first-order chi connectivity index (χ1) is 13.6. The number of hydrogen-bond acceptors (Lipinski definition) is 6. The van der Waals surface area contributed by atoms with Gasteiger partial charge in [0.1, 0.15) is 18.1 Å². The number of benzene rings is 2. The van der Waals surface area contributed by atoms with E-state index in [1.807, 2.05) is 0 Å². The summed E-state index contributed by atoms with van der Waals surface area (Å²) in [4.78, 5) is 0. The molecule has 0 saturated carbocycles. The Balaban J connectivity index is 1.74. The van der Waals surface area contributed by atoms with Gasteiger partial charge < -0.3 is 14.0 Å². The summed E-state index contributed by atoms with van der Waals surface area (Å²) in [5.74, 6) is 1.63. The number of anilines is 1. The largest absolute Gasteiger partial charge is 0.492 e. The van der Waals surface area contributed by atoms with Gasteiger partial charge in [0.25, 0.3) is 0 Å². The zero-order valence-corrected chi connectivity index (χ0v) is 18.4. The zero-order chi connectivity index (χ0) is 21.2. The summed E-state index contributed by atoms with van der Waals surface area (Å²) in [6, 6.07) is 8.42. The standard InChI is InChI=1S/C19H20Cl2N2O5S/c1-11(2)9-27-17-5-4-13(7-16(17)21)26-10-12-6-18-14(8-15(12)20)19(22-28-18)23-29(3,24)25/h4-8,11H,9-10H2,1-3H3,(H,22,23). The summed E-state index contributed by atoms with van der Waals surface area (Å²) in [7, 11) is -3.49. The van der Waals surface area contributed by atoms with Crippen LogP contribution in [0.25, 0.3) is 11.0 Å². The minimum Gasteiger partial charge on any atom is -0.492 e. The van der Waals surface area contributed by atoms with Gasteiger partial charge in [-0.15, -0.1) is 0 Å². The van der Waals surface area contributed by atoms with Crippen molar-refractivity contribution in [2.24, 2.45) is 5.92 Å². The molecule has 0 aliphatic heterocycles. The topological polar surface area (TPSA) is 90.7 Å². The summed E-state index contributed by atoms with van der Waals surface area (Å²) in [5.41, 5.74) is 1.03. The van der Waals surface area contributed by atoms with E-state index < -0.39 is 10.0 Å². The first-order valence-corrected chi connectivity index (χ1v) is 11.4. The van der Waals surface area contributed by atoms with E-state index in [0.29, 0.717) is 50.6 Å². The Morgan fingerprint density at radius 1 is 1.14 bits per heavy atom. The molecular formula is C19H20Cl2N2O5S. The van der Waals surface area contributed by atoms with Crippen LogP contribution in [0.2, 0.25) is 10.0 Å². The maximum atomic E-state index is 11.4. The number of sulfonamides is 1. The molecule has 1 aromatic heterocycles. The molecule has 156 valence electrons. The third kappa shape index (κ3) is 5.68. The Morgan fingerprint density at radius 2 is 1.90 bits per heavy atom. The van der Waals surface area contributed by atoms with E-state index >= 15 is 0 Å². The molecule has 0 unspecified atom stereocenters. The first kappa shape index (κ1) is 21.5. The molecule has 0 amide bonds. The van der Waals surface area contributed by atoms with Gasteiger partial charge in [-0.25, -0.2) is 8.42 Å². The second kappa shape index (κ2) is 8.69. The number of hydrogen-bond donors (Lipinski definition) is 1. The number of halogens is 2. The van der Waals surface area contributed by atoms with Gasteiger partial charge in [-0.3, -0.25) is 4.72 Å². The van der Waals surface area contributed by atoms with E-state index in [2.05, 4.69) is 23.7 Å². The van der Waals surface area contributed by atoms with Gasteiger partial charge in [0.05, 0.1) is 23.3 Å². The molecule has 0 aliphatic carbocycles. The van der Waals surface area contributed by atoms with Crippen LogP contribution >= 0.6 is 23.2 Å². The third-order valence-corrected chi connectivity index (χ3v) is 5.00. The summed E-state index contributed by atoms with van der Waals surface area (Å²) in [6.45, 7) is 4.84. The van der Waals surface area contributed by atoms with Crippen molar-refractivity contribution in [2.45, 2.75) is 20.5 Å². The van der Waals surface area contributed by atoms with E-state index in [-0.39, 0.29) is 12.4 Å². The van der Waals surface area contributed by atoms with Crippen molar-refractivity contribution in [2.75, 3.05) is 17.6 Å². The fraction of sp³-hybridized carbons (Fsp3) is 0.316. The van der Waals surface area contributed by atoms with E-state index in [1.54, 1.807) is 30.3 Å². The lowest BCUT2D eigenvalue weighted by atomic mass is 10.2. The lowest BCUT2D eigenvalue weighted by Gasteiger charge is -2.12. The van der Waals surface area contributed by atoms with Gasteiger partial charge in [0.15, 0.2) is 11.4 Å². The molecule has 0 saturated heterocycles. The van der Waals surface area contributed by atoms with Crippen LogP contribution in [0.1, 0.15) is 19.4 Å². The molecule has 0 radical (unpaired) electrons. The summed E-state index contributed by atoms with van der Waals surface area (Å²) >= 11 is 12.6. The van der Waals surface area contributed by atoms with Crippen molar-refractivity contribution in [1.29, 1.82) is 0 Å². The lowest BCUT2D eigenvalue weighted by Crippen LogP contribution is -2.09. The summed E-state index contributed by atoms with van der Waals surface area (Å²) in [5, 5.41) is 5.04. The molecule has 0 bridgehead atoms. The lowest BCUT2D eigenvalue weighted by molar-refractivity contribution is 0.269. The maximum Gasteiger partial charge on any atom is 0.231 e. The van der Waals surface area contributed by atoms with Crippen LogP contribution in [0, 0.1) is 5.92 Å². The van der Waals surface area contributed by atoms with Crippen molar-refractivity contribution >= 4 is 50.0 Å². The molecule has 0 aliphatic rings. The van der Waals surface area contributed by atoms with Crippen molar-refractivity contribution < 1.29 is 22.4 Å². The number of ether oxygens (including phenoxy) is 2. The molecule has 1 heterocycles. The van der Waals surface area contributed by atoms with Gasteiger partial charge >= 0.3 is 0 Å². The Labute approximate surface area is 178 Å². The average Bonchev–Trinajstić information content (AvgIpc) is 2.98. The second-order valence-corrected chi connectivity index (χ2v) is 9.49. The third-order valence-electron chi connectivity index (χ3n) is 3.79. The van der Waals surface area contributed by atoms with Crippen molar-refractivity contribution in [3.63, 3.8) is 0 Å². The van der Waals surface area contributed by atoms with E-state index in [9.17, 15) is 8.42 Å². The molecule has 3 aromatic rings. The highest BCUT2D eigenvalue weighted by Crippen LogP contribution is 2.32. The SMILES string of the molecule is CC(C)COc1ccc(OCc2cc3onc(NS(C)(=O)=O)c3cc2Cl)cc1Cl. The highest BCUT2D eigenvalue weighted by atomic mass is 35.5. The molecular weight excluding hydrogens is 439 g/mol. The van der Waals surface area contributed by atoms with Gasteiger partial charge in [0.2, 0.25) is 10.0 Å². The van der Waals surface area contributed by atoms with Crippen LogP contribution in [0.15, 0.2) is 34.9 Å². The second-order valence-electron chi connectivity index (χ2n) is 6.93. The Bertz CT molecular complexity index is 1130. The van der Waals surface area contributed by atoms with E-state index in [1.165, 1.54) is 0 Å². The van der Waals surface area contributed by atoms with Gasteiger partial charge in [-0.05, 0) is 30.2 Å². The zero-order valence-electron chi connectivity index (χ0n) is 16.0. The number of nitrogens with zero attached hydrogens (tertiary/aromatic N) is 1. The molecule has 7 nitrogen and oxygen atoms in total. The van der Waals surface area contributed by atoms with Crippen LogP contribution < -0.4 is 14.2 Å². The molecule has 1 N–H and O–H groups in total. The van der Waals surface area contributed by atoms with E-state index in [4.69, 9.17) is 37.2 Å². The van der Waals surface area contributed by atoms with Crippen LogP contribution in [0.4, 0.5) is 5.82 Å². The molecule has 0 atom stereocenters. The van der Waals surface area contributed by atoms with Gasteiger partial charge in [-0.2, -0.15) is 0 Å². The molecule has 29 heavy (non-hydrogen) atoms. The Morgan fingerprint density at radius 3 is 2.55 bits per heavy atom. The van der Waals surface area contributed by atoms with Crippen LogP contribution in [0.3, 0.4) is 0 Å². The fourth-order valence-electron chi connectivity index (χ4n) is 2.47. The van der Waals surface area contributed by atoms with Crippen molar-refractivity contribution in [3.05, 3.63) is 45.9 Å². The monoisotopic (exact) mass is 458 g/mol. The van der Waals surface area contributed by atoms with Crippen LogP contribution in [-0.2, 0) is 16.6 Å². The minimum absolute atomic E-state index is 0.0839. The molecule has 0 spiro atoms. The average molecular weight is 459 g/mol. The molecule has 0 fully saturated rings. The normalized spacial score (nSPS) is 11.8.